The van der Waals surface area contributed by atoms with Crippen LogP contribution in [0.25, 0.3) is 0 Å². The molecule has 3 aliphatic rings. The van der Waals surface area contributed by atoms with E-state index in [9.17, 15) is 24.1 Å². The lowest BCUT2D eigenvalue weighted by Crippen LogP contribution is -2.32. The molecule has 4 unspecified atom stereocenters. The summed E-state index contributed by atoms with van der Waals surface area (Å²) in [7, 11) is 0. The van der Waals surface area contributed by atoms with Gasteiger partial charge in [0, 0.05) is 12.6 Å². The fraction of sp³-hybridized carbons (Fsp3) is 0.304. The number of nitrogens with zero attached hydrogens (tertiary/aromatic N) is 2. The molecule has 2 fully saturated rings. The highest BCUT2D eigenvalue weighted by Crippen LogP contribution is 2.53. The van der Waals surface area contributed by atoms with Crippen molar-refractivity contribution in [2.75, 3.05) is 16.8 Å². The molecule has 0 spiro atoms. The Morgan fingerprint density at radius 1 is 1.06 bits per heavy atom. The van der Waals surface area contributed by atoms with E-state index in [-0.39, 0.29) is 58.4 Å². The summed E-state index contributed by atoms with van der Waals surface area (Å²) in [5.74, 6) is -1.45. The number of amides is 2. The molecule has 7 nitrogen and oxygen atoms in total. The zero-order valence-electron chi connectivity index (χ0n) is 16.5. The summed E-state index contributed by atoms with van der Waals surface area (Å²) in [5, 5.41) is 14.6. The van der Waals surface area contributed by atoms with Crippen LogP contribution in [0.3, 0.4) is 0 Å². The van der Waals surface area contributed by atoms with Gasteiger partial charge in [-0.2, -0.15) is 0 Å². The number of fused-ring (bicyclic) bond motifs is 5. The van der Waals surface area contributed by atoms with E-state index in [4.69, 9.17) is 0 Å². The highest BCUT2D eigenvalue weighted by atomic mass is 19.1. The summed E-state index contributed by atoms with van der Waals surface area (Å²) in [6, 6.07) is 10.7. The minimum atomic E-state index is -0.550. The largest absolute Gasteiger partial charge is 0.379 e. The standard InChI is InChI=1S/C23H20FN3O4/c24-17-4-2-1-3-13(17)9-10-25-18-8-7-16(12-19(18)27(30)31)26-22(28)20-14-5-6-15(11-14)21(20)23(26)29/h1-8,12,14-15,20-21,25H,9-11H2. The van der Waals surface area contributed by atoms with Crippen LogP contribution in [0, 0.1) is 39.6 Å². The Hall–Kier alpha value is -3.55. The fourth-order valence-electron chi connectivity index (χ4n) is 5.15. The van der Waals surface area contributed by atoms with E-state index in [2.05, 4.69) is 5.32 Å². The minimum absolute atomic E-state index is 0.0748. The highest BCUT2D eigenvalue weighted by Gasteiger charge is 2.59. The van der Waals surface area contributed by atoms with Gasteiger partial charge in [-0.05, 0) is 48.4 Å². The molecule has 1 heterocycles. The Morgan fingerprint density at radius 2 is 1.74 bits per heavy atom. The van der Waals surface area contributed by atoms with Crippen LogP contribution in [0.15, 0.2) is 54.6 Å². The minimum Gasteiger partial charge on any atom is -0.379 e. The van der Waals surface area contributed by atoms with Gasteiger partial charge in [-0.25, -0.2) is 9.29 Å². The first-order valence-electron chi connectivity index (χ1n) is 10.3. The Balaban J connectivity index is 1.36. The number of hydrogen-bond donors (Lipinski definition) is 1. The summed E-state index contributed by atoms with van der Waals surface area (Å²) in [6.07, 6.45) is 5.19. The number of anilines is 2. The predicted molar refractivity (Wildman–Crippen MR) is 112 cm³/mol. The molecule has 1 N–H and O–H groups in total. The predicted octanol–water partition coefficient (Wildman–Crippen LogP) is 3.70. The summed E-state index contributed by atoms with van der Waals surface area (Å²) >= 11 is 0. The summed E-state index contributed by atoms with van der Waals surface area (Å²) in [6.45, 7) is 0.294. The zero-order chi connectivity index (χ0) is 21.7. The number of carbonyl (C=O) groups excluding carboxylic acids is 2. The van der Waals surface area contributed by atoms with Gasteiger partial charge in [-0.3, -0.25) is 19.7 Å². The van der Waals surface area contributed by atoms with Crippen molar-refractivity contribution in [3.05, 3.63) is 76.1 Å². The van der Waals surface area contributed by atoms with E-state index in [0.717, 1.165) is 11.3 Å². The van der Waals surface area contributed by atoms with E-state index < -0.39 is 4.92 Å². The Morgan fingerprint density at radius 3 is 2.39 bits per heavy atom. The molecule has 2 aliphatic carbocycles. The lowest BCUT2D eigenvalue weighted by molar-refractivity contribution is -0.383. The molecule has 0 radical (unpaired) electrons. The number of hydrogen-bond acceptors (Lipinski definition) is 5. The van der Waals surface area contributed by atoms with E-state index in [1.54, 1.807) is 24.3 Å². The van der Waals surface area contributed by atoms with Gasteiger partial charge in [-0.15, -0.1) is 0 Å². The maximum Gasteiger partial charge on any atom is 0.294 e. The SMILES string of the molecule is O=C1C2C3C=CC(C3)C2C(=O)N1c1ccc(NCCc2ccccc2F)c([N+](=O)[O-])c1. The normalized spacial score (nSPS) is 25.9. The van der Waals surface area contributed by atoms with Crippen molar-refractivity contribution in [1.29, 1.82) is 0 Å². The molecule has 5 rings (SSSR count). The number of carbonyl (C=O) groups is 2. The first-order valence-corrected chi connectivity index (χ1v) is 10.3. The van der Waals surface area contributed by atoms with Crippen molar-refractivity contribution in [2.24, 2.45) is 23.7 Å². The second-order valence-corrected chi connectivity index (χ2v) is 8.24. The van der Waals surface area contributed by atoms with Gasteiger partial charge in [0.15, 0.2) is 0 Å². The number of benzene rings is 2. The summed E-state index contributed by atoms with van der Waals surface area (Å²) in [4.78, 5) is 38.1. The van der Waals surface area contributed by atoms with Crippen molar-refractivity contribution in [2.45, 2.75) is 12.8 Å². The second-order valence-electron chi connectivity index (χ2n) is 8.24. The molecular formula is C23H20FN3O4. The number of nitrogens with one attached hydrogen (secondary N) is 1. The zero-order valence-corrected chi connectivity index (χ0v) is 16.5. The topological polar surface area (TPSA) is 92.6 Å². The third kappa shape index (κ3) is 3.10. The fourth-order valence-corrected chi connectivity index (χ4v) is 5.15. The number of imide groups is 1. The lowest BCUT2D eigenvalue weighted by atomic mass is 9.85. The molecule has 2 aromatic carbocycles. The summed E-state index contributed by atoms with van der Waals surface area (Å²) in [5.41, 5.74) is 0.753. The van der Waals surface area contributed by atoms with Crippen LogP contribution in [0.4, 0.5) is 21.5 Å². The van der Waals surface area contributed by atoms with Crippen molar-refractivity contribution in [3.8, 4) is 0 Å². The number of nitro benzene ring substituents is 1. The quantitative estimate of drug-likeness (QED) is 0.332. The number of rotatable bonds is 6. The van der Waals surface area contributed by atoms with Gasteiger partial charge in [0.05, 0.1) is 22.4 Å². The van der Waals surface area contributed by atoms with Gasteiger partial charge >= 0.3 is 0 Å². The molecule has 8 heteroatoms. The molecule has 158 valence electrons. The molecule has 1 saturated carbocycles. The second kappa shape index (κ2) is 7.30. The van der Waals surface area contributed by atoms with Crippen LogP contribution in [0.5, 0.6) is 0 Å². The molecule has 2 amide bonds. The average molecular weight is 421 g/mol. The van der Waals surface area contributed by atoms with E-state index in [1.165, 1.54) is 18.2 Å². The van der Waals surface area contributed by atoms with Gasteiger partial charge in [0.2, 0.25) is 11.8 Å². The Labute approximate surface area is 177 Å². The van der Waals surface area contributed by atoms with Crippen LogP contribution < -0.4 is 10.2 Å². The van der Waals surface area contributed by atoms with Gasteiger partial charge in [-0.1, -0.05) is 30.4 Å². The van der Waals surface area contributed by atoms with Crippen molar-refractivity contribution >= 4 is 28.9 Å². The molecule has 2 aromatic rings. The first-order chi connectivity index (χ1) is 15.0. The maximum absolute atomic E-state index is 13.8. The third-order valence-electron chi connectivity index (χ3n) is 6.57. The van der Waals surface area contributed by atoms with E-state index in [0.29, 0.717) is 18.5 Å². The van der Waals surface area contributed by atoms with Crippen LogP contribution in [0.2, 0.25) is 0 Å². The number of nitro groups is 1. The molecule has 4 atom stereocenters. The van der Waals surface area contributed by atoms with Crippen LogP contribution in [0.1, 0.15) is 12.0 Å². The van der Waals surface area contributed by atoms with Crippen molar-refractivity contribution < 1.29 is 18.9 Å². The Kier molecular flexibility index (Phi) is 4.57. The molecule has 1 saturated heterocycles. The molecular weight excluding hydrogens is 401 g/mol. The van der Waals surface area contributed by atoms with Gasteiger partial charge in [0.25, 0.3) is 5.69 Å². The average Bonchev–Trinajstić information content (AvgIpc) is 3.43. The van der Waals surface area contributed by atoms with Crippen LogP contribution >= 0.6 is 0 Å². The van der Waals surface area contributed by atoms with Gasteiger partial charge in [0.1, 0.15) is 11.5 Å². The smallest absolute Gasteiger partial charge is 0.294 e. The van der Waals surface area contributed by atoms with Crippen molar-refractivity contribution in [1.82, 2.24) is 0 Å². The molecule has 1 aliphatic heterocycles. The molecule has 2 bridgehead atoms. The van der Waals surface area contributed by atoms with Crippen LogP contribution in [-0.4, -0.2) is 23.3 Å². The van der Waals surface area contributed by atoms with E-state index in [1.807, 2.05) is 12.2 Å². The monoisotopic (exact) mass is 421 g/mol. The molecule has 31 heavy (non-hydrogen) atoms. The van der Waals surface area contributed by atoms with Crippen LogP contribution in [-0.2, 0) is 16.0 Å². The number of halogens is 1. The maximum atomic E-state index is 13.8. The highest BCUT2D eigenvalue weighted by molar-refractivity contribution is 6.23. The summed E-state index contributed by atoms with van der Waals surface area (Å²) < 4.78 is 13.8. The van der Waals surface area contributed by atoms with Gasteiger partial charge < -0.3 is 5.32 Å². The lowest BCUT2D eigenvalue weighted by Gasteiger charge is -2.18. The Bertz CT molecular complexity index is 1100. The first kappa shape index (κ1) is 19.4. The third-order valence-corrected chi connectivity index (χ3v) is 6.57. The van der Waals surface area contributed by atoms with Crippen molar-refractivity contribution in [3.63, 3.8) is 0 Å². The van der Waals surface area contributed by atoms with E-state index >= 15 is 0 Å². The molecule has 0 aromatic heterocycles. The number of allylic oxidation sites excluding steroid dienone is 2.